The summed E-state index contributed by atoms with van der Waals surface area (Å²) in [6, 6.07) is 10.4. The summed E-state index contributed by atoms with van der Waals surface area (Å²) in [5.74, 6) is 0.918. The van der Waals surface area contributed by atoms with E-state index in [4.69, 9.17) is 4.74 Å². The molecule has 0 saturated heterocycles. The fraction of sp³-hybridized carbons (Fsp3) is 0.188. The van der Waals surface area contributed by atoms with Gasteiger partial charge < -0.3 is 4.74 Å². The number of allylic oxidation sites excluding steroid dienone is 1. The summed E-state index contributed by atoms with van der Waals surface area (Å²) in [6.45, 7) is 2.08. The van der Waals surface area contributed by atoms with Gasteiger partial charge in [0, 0.05) is 13.3 Å². The van der Waals surface area contributed by atoms with Crippen molar-refractivity contribution in [1.82, 2.24) is 0 Å². The molecular weight excluding hydrogens is 222 g/mol. The van der Waals surface area contributed by atoms with Crippen molar-refractivity contribution in [2.75, 3.05) is 14.2 Å². The van der Waals surface area contributed by atoms with Crippen molar-refractivity contribution in [3.8, 4) is 5.75 Å². The Morgan fingerprint density at radius 3 is 2.72 bits per heavy atom. The van der Waals surface area contributed by atoms with Crippen LogP contribution in [0.25, 0.3) is 16.8 Å². The lowest BCUT2D eigenvalue weighted by Crippen LogP contribution is -1.92. The van der Waals surface area contributed by atoms with Crippen LogP contribution in [0.15, 0.2) is 41.4 Å². The molecule has 0 spiro atoms. The van der Waals surface area contributed by atoms with E-state index in [2.05, 4.69) is 42.3 Å². The normalized spacial score (nSPS) is 11.7. The Bertz CT molecular complexity index is 612. The lowest BCUT2D eigenvalue weighted by Gasteiger charge is -2.11. The van der Waals surface area contributed by atoms with E-state index in [-0.39, 0.29) is 0 Å². The first-order chi connectivity index (χ1) is 8.77. The Hall–Kier alpha value is -2.09. The highest BCUT2D eigenvalue weighted by molar-refractivity contribution is 5.95. The van der Waals surface area contributed by atoms with E-state index >= 15 is 0 Å². The fourth-order valence-electron chi connectivity index (χ4n) is 2.10. The fourth-order valence-corrected chi connectivity index (χ4v) is 2.10. The number of fused-ring (bicyclic) bond motifs is 1. The molecule has 2 aromatic rings. The Kier molecular flexibility index (Phi) is 3.78. The number of rotatable bonds is 3. The first-order valence-corrected chi connectivity index (χ1v) is 5.93. The zero-order valence-electron chi connectivity index (χ0n) is 11.0. The molecule has 0 atom stereocenters. The predicted octanol–water partition coefficient (Wildman–Crippen LogP) is 3.87. The molecule has 0 radical (unpaired) electrons. The number of hydrogen-bond donors (Lipinski definition) is 0. The van der Waals surface area contributed by atoms with Crippen LogP contribution in [-0.2, 0) is 0 Å². The molecular formula is C16H17NO. The average molecular weight is 239 g/mol. The van der Waals surface area contributed by atoms with Gasteiger partial charge in [0.25, 0.3) is 0 Å². The highest BCUT2D eigenvalue weighted by Gasteiger charge is 2.07. The van der Waals surface area contributed by atoms with Crippen molar-refractivity contribution in [3.63, 3.8) is 0 Å². The molecule has 0 aliphatic rings. The zero-order chi connectivity index (χ0) is 13.0. The van der Waals surface area contributed by atoms with Gasteiger partial charge in [0.1, 0.15) is 5.75 Å². The Labute approximate surface area is 108 Å². The van der Waals surface area contributed by atoms with E-state index in [0.29, 0.717) is 0 Å². The molecule has 0 aliphatic carbocycles. The smallest absolute Gasteiger partial charge is 0.123 e. The summed E-state index contributed by atoms with van der Waals surface area (Å²) in [6.07, 6.45) is 5.81. The molecule has 0 N–H and O–H groups in total. The summed E-state index contributed by atoms with van der Waals surface area (Å²) >= 11 is 0. The molecule has 92 valence electrons. The molecule has 0 bridgehead atoms. The third-order valence-electron chi connectivity index (χ3n) is 3.03. The Balaban J connectivity index is 2.70. The second kappa shape index (κ2) is 5.50. The van der Waals surface area contributed by atoms with Gasteiger partial charge in [0.2, 0.25) is 0 Å². The minimum absolute atomic E-state index is 0.918. The van der Waals surface area contributed by atoms with Crippen LogP contribution in [0.3, 0.4) is 0 Å². The van der Waals surface area contributed by atoms with E-state index in [1.54, 1.807) is 20.4 Å². The maximum absolute atomic E-state index is 5.43. The van der Waals surface area contributed by atoms with Gasteiger partial charge in [-0.05, 0) is 41.0 Å². The Morgan fingerprint density at radius 2 is 2.00 bits per heavy atom. The van der Waals surface area contributed by atoms with Crippen LogP contribution in [-0.4, -0.2) is 20.4 Å². The summed E-state index contributed by atoms with van der Waals surface area (Å²) in [7, 11) is 3.47. The third kappa shape index (κ3) is 2.28. The largest absolute Gasteiger partial charge is 0.496 e. The van der Waals surface area contributed by atoms with Crippen molar-refractivity contribution in [2.45, 2.75) is 6.92 Å². The number of aliphatic imine (C=N–C) groups is 1. The van der Waals surface area contributed by atoms with Gasteiger partial charge in [-0.25, -0.2) is 0 Å². The maximum atomic E-state index is 5.43. The molecule has 2 aromatic carbocycles. The van der Waals surface area contributed by atoms with Crippen LogP contribution in [0.5, 0.6) is 5.75 Å². The number of benzene rings is 2. The second-order valence-corrected chi connectivity index (χ2v) is 4.11. The SMILES string of the molecule is CN=C/C=C\c1c(C)c(OC)cc2ccccc12. The molecule has 2 rings (SSSR count). The average Bonchev–Trinajstić information content (AvgIpc) is 2.41. The summed E-state index contributed by atoms with van der Waals surface area (Å²) < 4.78 is 5.43. The van der Waals surface area contributed by atoms with Crippen molar-refractivity contribution < 1.29 is 4.74 Å². The minimum Gasteiger partial charge on any atom is -0.496 e. The van der Waals surface area contributed by atoms with E-state index in [1.807, 2.05) is 12.1 Å². The summed E-state index contributed by atoms with van der Waals surface area (Å²) in [5, 5.41) is 2.42. The van der Waals surface area contributed by atoms with Gasteiger partial charge in [0.05, 0.1) is 7.11 Å². The lowest BCUT2D eigenvalue weighted by molar-refractivity contribution is 0.412. The molecule has 0 aliphatic heterocycles. The van der Waals surface area contributed by atoms with Crippen LogP contribution in [0, 0.1) is 6.92 Å². The zero-order valence-corrected chi connectivity index (χ0v) is 11.0. The van der Waals surface area contributed by atoms with Crippen molar-refractivity contribution in [1.29, 1.82) is 0 Å². The Morgan fingerprint density at radius 1 is 1.22 bits per heavy atom. The van der Waals surface area contributed by atoms with Gasteiger partial charge in [-0.15, -0.1) is 0 Å². The van der Waals surface area contributed by atoms with Crippen molar-refractivity contribution in [2.24, 2.45) is 4.99 Å². The molecule has 2 nitrogen and oxygen atoms in total. The number of ether oxygens (including phenoxy) is 1. The van der Waals surface area contributed by atoms with Gasteiger partial charge in [-0.1, -0.05) is 30.3 Å². The van der Waals surface area contributed by atoms with Crippen LogP contribution in [0.4, 0.5) is 0 Å². The molecule has 0 unspecified atom stereocenters. The highest BCUT2D eigenvalue weighted by atomic mass is 16.5. The van der Waals surface area contributed by atoms with E-state index < -0.39 is 0 Å². The van der Waals surface area contributed by atoms with Crippen LogP contribution in [0.2, 0.25) is 0 Å². The summed E-state index contributed by atoms with van der Waals surface area (Å²) in [4.78, 5) is 3.96. The number of hydrogen-bond acceptors (Lipinski definition) is 2. The van der Waals surface area contributed by atoms with Crippen LogP contribution < -0.4 is 4.74 Å². The molecule has 0 heterocycles. The standard InChI is InChI=1S/C16H17NO/c1-12-14(9-6-10-17-2)15-8-5-4-7-13(15)11-16(12)18-3/h4-11H,1-3H3/b9-6-,17-10?. The molecule has 0 saturated carbocycles. The third-order valence-corrected chi connectivity index (χ3v) is 3.03. The quantitative estimate of drug-likeness (QED) is 0.745. The first-order valence-electron chi connectivity index (χ1n) is 5.93. The maximum Gasteiger partial charge on any atom is 0.123 e. The summed E-state index contributed by atoms with van der Waals surface area (Å²) in [5.41, 5.74) is 2.34. The van der Waals surface area contributed by atoms with Gasteiger partial charge >= 0.3 is 0 Å². The van der Waals surface area contributed by atoms with Gasteiger partial charge in [-0.2, -0.15) is 0 Å². The lowest BCUT2D eigenvalue weighted by atomic mass is 9.98. The van der Waals surface area contributed by atoms with E-state index in [0.717, 1.165) is 11.3 Å². The van der Waals surface area contributed by atoms with E-state index in [1.165, 1.54) is 16.3 Å². The first kappa shape index (κ1) is 12.4. The topological polar surface area (TPSA) is 21.6 Å². The number of nitrogens with zero attached hydrogens (tertiary/aromatic N) is 1. The highest BCUT2D eigenvalue weighted by Crippen LogP contribution is 2.31. The monoisotopic (exact) mass is 239 g/mol. The molecule has 0 amide bonds. The molecule has 0 aromatic heterocycles. The van der Waals surface area contributed by atoms with Gasteiger partial charge in [-0.3, -0.25) is 4.99 Å². The van der Waals surface area contributed by atoms with Crippen LogP contribution >= 0.6 is 0 Å². The van der Waals surface area contributed by atoms with Crippen LogP contribution in [0.1, 0.15) is 11.1 Å². The number of methoxy groups -OCH3 is 1. The van der Waals surface area contributed by atoms with E-state index in [9.17, 15) is 0 Å². The molecule has 18 heavy (non-hydrogen) atoms. The molecule has 0 fully saturated rings. The predicted molar refractivity (Wildman–Crippen MR) is 78.7 cm³/mol. The minimum atomic E-state index is 0.918. The second-order valence-electron chi connectivity index (χ2n) is 4.11. The van der Waals surface area contributed by atoms with Crippen molar-refractivity contribution in [3.05, 3.63) is 47.5 Å². The molecule has 2 heteroatoms. The van der Waals surface area contributed by atoms with Crippen molar-refractivity contribution >= 4 is 23.1 Å². The van der Waals surface area contributed by atoms with Gasteiger partial charge in [0.15, 0.2) is 0 Å².